The van der Waals surface area contributed by atoms with Crippen molar-refractivity contribution in [2.75, 3.05) is 57.3 Å². The van der Waals surface area contributed by atoms with E-state index in [9.17, 15) is 22.8 Å². The van der Waals surface area contributed by atoms with Crippen LogP contribution in [0, 0.1) is 13.8 Å². The molecular weight excluding hydrogens is 517 g/mol. The Balaban J connectivity index is 1.30. The summed E-state index contributed by atoms with van der Waals surface area (Å²) in [6, 6.07) is 3.80. The topological polar surface area (TPSA) is 103 Å². The molecule has 0 radical (unpaired) electrons. The Morgan fingerprint density at radius 3 is 2.51 bits per heavy atom. The summed E-state index contributed by atoms with van der Waals surface area (Å²) in [5, 5.41) is 13.9. The number of alkyl halides is 3. The standard InChI is InChI=1S/C26H35F3N6O4/c1-4-12-38-22-16-35(34-10-8-33(9-11-34)24-17(2)32-39-18(24)3)15-21(22)31-23(36)14-30-25(37)19-6-5-7-20(13-19)26(27,28)29/h5-7,13,21-22H,4,8-12,14-16H2,1-3H3,(H,30,37)(H,31,36)/t21-,22-/m1/s1. The molecule has 10 nitrogen and oxygen atoms in total. The minimum absolute atomic E-state index is 0.162. The molecule has 2 aromatic rings. The maximum absolute atomic E-state index is 13.0. The highest BCUT2D eigenvalue weighted by Crippen LogP contribution is 2.29. The van der Waals surface area contributed by atoms with Crippen molar-refractivity contribution in [1.82, 2.24) is 25.8 Å². The fourth-order valence-corrected chi connectivity index (χ4v) is 5.05. The number of aromatic nitrogens is 1. The molecule has 2 fully saturated rings. The lowest BCUT2D eigenvalue weighted by Crippen LogP contribution is -2.54. The molecule has 0 spiro atoms. The van der Waals surface area contributed by atoms with Crippen molar-refractivity contribution in [3.63, 3.8) is 0 Å². The van der Waals surface area contributed by atoms with Gasteiger partial charge in [-0.05, 0) is 38.5 Å². The van der Waals surface area contributed by atoms with Crippen LogP contribution in [0.15, 0.2) is 28.8 Å². The second kappa shape index (κ2) is 12.3. The number of nitrogens with one attached hydrogen (secondary N) is 2. The highest BCUT2D eigenvalue weighted by Gasteiger charge is 2.38. The average molecular weight is 553 g/mol. The van der Waals surface area contributed by atoms with E-state index in [2.05, 4.69) is 30.7 Å². The van der Waals surface area contributed by atoms with E-state index in [0.717, 1.165) is 67.9 Å². The van der Waals surface area contributed by atoms with Gasteiger partial charge in [0.05, 0.1) is 24.3 Å². The predicted octanol–water partition coefficient (Wildman–Crippen LogP) is 2.37. The van der Waals surface area contributed by atoms with Crippen molar-refractivity contribution < 1.29 is 32.0 Å². The number of carbonyl (C=O) groups is 2. The number of amides is 2. The van der Waals surface area contributed by atoms with Gasteiger partial charge in [-0.2, -0.15) is 13.2 Å². The molecule has 2 aliphatic heterocycles. The van der Waals surface area contributed by atoms with Crippen LogP contribution >= 0.6 is 0 Å². The number of nitrogens with zero attached hydrogens (tertiary/aromatic N) is 4. The highest BCUT2D eigenvalue weighted by atomic mass is 19.4. The molecule has 13 heteroatoms. The molecule has 0 unspecified atom stereocenters. The lowest BCUT2D eigenvalue weighted by atomic mass is 10.1. The molecule has 0 bridgehead atoms. The van der Waals surface area contributed by atoms with Gasteiger partial charge >= 0.3 is 6.18 Å². The summed E-state index contributed by atoms with van der Waals surface area (Å²) in [4.78, 5) is 27.3. The van der Waals surface area contributed by atoms with Crippen molar-refractivity contribution >= 4 is 17.5 Å². The van der Waals surface area contributed by atoms with Gasteiger partial charge in [0.15, 0.2) is 5.76 Å². The summed E-state index contributed by atoms with van der Waals surface area (Å²) in [5.74, 6) is -0.382. The van der Waals surface area contributed by atoms with Crippen LogP contribution in [0.1, 0.15) is 40.7 Å². The van der Waals surface area contributed by atoms with Crippen LogP contribution in [-0.2, 0) is 15.7 Å². The molecule has 1 aromatic heterocycles. The van der Waals surface area contributed by atoms with E-state index < -0.39 is 23.6 Å². The van der Waals surface area contributed by atoms with Crippen molar-refractivity contribution in [2.45, 2.75) is 45.5 Å². The summed E-state index contributed by atoms with van der Waals surface area (Å²) < 4.78 is 50.2. The molecule has 39 heavy (non-hydrogen) atoms. The van der Waals surface area contributed by atoms with Crippen molar-refractivity contribution in [3.8, 4) is 0 Å². The Kier molecular flexibility index (Phi) is 9.13. The van der Waals surface area contributed by atoms with Crippen LogP contribution in [0.25, 0.3) is 0 Å². The number of aryl methyl sites for hydroxylation is 2. The van der Waals surface area contributed by atoms with Crippen LogP contribution < -0.4 is 15.5 Å². The van der Waals surface area contributed by atoms with E-state index in [-0.39, 0.29) is 24.3 Å². The third-order valence-corrected chi connectivity index (χ3v) is 6.96. The van der Waals surface area contributed by atoms with Gasteiger partial charge in [0.2, 0.25) is 5.91 Å². The number of benzene rings is 1. The minimum Gasteiger partial charge on any atom is -0.375 e. The van der Waals surface area contributed by atoms with Gasteiger partial charge in [0.1, 0.15) is 11.4 Å². The fourth-order valence-electron chi connectivity index (χ4n) is 5.05. The second-order valence-corrected chi connectivity index (χ2v) is 9.83. The molecule has 0 aliphatic carbocycles. The first-order chi connectivity index (χ1) is 18.6. The number of anilines is 1. The highest BCUT2D eigenvalue weighted by molar-refractivity contribution is 5.96. The summed E-state index contributed by atoms with van der Waals surface area (Å²) in [5.41, 5.74) is 0.828. The van der Waals surface area contributed by atoms with Gasteiger partial charge in [-0.15, -0.1) is 0 Å². The molecule has 2 N–H and O–H groups in total. The fraction of sp³-hybridized carbons (Fsp3) is 0.577. The first-order valence-corrected chi connectivity index (χ1v) is 13.1. The number of hydrogen-bond donors (Lipinski definition) is 2. The maximum atomic E-state index is 13.0. The molecule has 4 rings (SSSR count). The molecule has 214 valence electrons. The van der Waals surface area contributed by atoms with Crippen LogP contribution in [0.2, 0.25) is 0 Å². The molecule has 0 saturated carbocycles. The van der Waals surface area contributed by atoms with Gasteiger partial charge < -0.3 is 24.8 Å². The zero-order chi connectivity index (χ0) is 28.2. The number of hydrogen-bond acceptors (Lipinski definition) is 8. The average Bonchev–Trinajstić information content (AvgIpc) is 3.47. The lowest BCUT2D eigenvalue weighted by molar-refractivity contribution is -0.137. The molecule has 2 aliphatic rings. The molecule has 2 saturated heterocycles. The van der Waals surface area contributed by atoms with Crippen LogP contribution in [0.4, 0.5) is 18.9 Å². The van der Waals surface area contributed by atoms with Gasteiger partial charge in [-0.3, -0.25) is 9.59 Å². The largest absolute Gasteiger partial charge is 0.416 e. The summed E-state index contributed by atoms with van der Waals surface area (Å²) in [6.45, 7) is 10.4. The maximum Gasteiger partial charge on any atom is 0.416 e. The molecule has 2 amide bonds. The van der Waals surface area contributed by atoms with Gasteiger partial charge in [0, 0.05) is 51.4 Å². The van der Waals surface area contributed by atoms with Gasteiger partial charge in [-0.25, -0.2) is 10.0 Å². The van der Waals surface area contributed by atoms with Crippen LogP contribution in [0.5, 0.6) is 0 Å². The van der Waals surface area contributed by atoms with Crippen LogP contribution in [0.3, 0.4) is 0 Å². The number of carbonyl (C=O) groups excluding carboxylic acids is 2. The zero-order valence-electron chi connectivity index (χ0n) is 22.4. The smallest absolute Gasteiger partial charge is 0.375 e. The van der Waals surface area contributed by atoms with Crippen molar-refractivity contribution in [1.29, 1.82) is 0 Å². The quantitative estimate of drug-likeness (QED) is 0.489. The van der Waals surface area contributed by atoms with E-state index in [0.29, 0.717) is 19.7 Å². The van der Waals surface area contributed by atoms with E-state index in [1.54, 1.807) is 0 Å². The summed E-state index contributed by atoms with van der Waals surface area (Å²) in [6.07, 6.45) is -3.95. The Morgan fingerprint density at radius 1 is 1.13 bits per heavy atom. The molecule has 1 aromatic carbocycles. The number of halogens is 3. The van der Waals surface area contributed by atoms with Crippen molar-refractivity contribution in [3.05, 3.63) is 46.8 Å². The molecule has 3 heterocycles. The van der Waals surface area contributed by atoms with E-state index in [1.165, 1.54) is 6.07 Å². The SMILES string of the molecule is CCCO[C@@H]1CN(N2CCN(c3c(C)noc3C)CC2)C[C@H]1NC(=O)CNC(=O)c1cccc(C(F)(F)F)c1. The van der Waals surface area contributed by atoms with Gasteiger partial charge in [0.25, 0.3) is 5.91 Å². The van der Waals surface area contributed by atoms with Crippen LogP contribution in [-0.4, -0.2) is 91.6 Å². The first kappa shape index (κ1) is 28.8. The Bertz CT molecular complexity index is 1130. The van der Waals surface area contributed by atoms with E-state index >= 15 is 0 Å². The lowest BCUT2D eigenvalue weighted by Gasteiger charge is -2.40. The second-order valence-electron chi connectivity index (χ2n) is 9.83. The van der Waals surface area contributed by atoms with E-state index in [4.69, 9.17) is 9.26 Å². The predicted molar refractivity (Wildman–Crippen MR) is 137 cm³/mol. The van der Waals surface area contributed by atoms with Crippen molar-refractivity contribution in [2.24, 2.45) is 0 Å². The third kappa shape index (κ3) is 7.08. The number of ether oxygens (including phenoxy) is 1. The summed E-state index contributed by atoms with van der Waals surface area (Å²) in [7, 11) is 0. The van der Waals surface area contributed by atoms with E-state index in [1.807, 2.05) is 20.8 Å². The first-order valence-electron chi connectivity index (χ1n) is 13.1. The third-order valence-electron chi connectivity index (χ3n) is 6.96. The number of piperazine rings is 1. The molecule has 2 atom stereocenters. The Morgan fingerprint density at radius 2 is 1.87 bits per heavy atom. The minimum atomic E-state index is -4.56. The summed E-state index contributed by atoms with van der Waals surface area (Å²) >= 11 is 0. The Hall–Kier alpha value is -3.16. The number of hydrazine groups is 1. The normalized spacial score (nSPS) is 20.8. The molecular formula is C26H35F3N6O4. The number of rotatable bonds is 9. The van der Waals surface area contributed by atoms with Gasteiger partial charge in [-0.1, -0.05) is 18.1 Å². The zero-order valence-corrected chi connectivity index (χ0v) is 22.4. The Labute approximate surface area is 225 Å². The monoisotopic (exact) mass is 552 g/mol.